The summed E-state index contributed by atoms with van der Waals surface area (Å²) in [5.74, 6) is 0.329. The lowest BCUT2D eigenvalue weighted by Crippen LogP contribution is -2.19. The Kier molecular flexibility index (Phi) is 3.75. The van der Waals surface area contributed by atoms with Crippen LogP contribution in [0.25, 0.3) is 10.2 Å². The molecule has 3 rings (SSSR count). The van der Waals surface area contributed by atoms with E-state index in [0.717, 1.165) is 28.2 Å². The van der Waals surface area contributed by atoms with Crippen LogP contribution in [0.3, 0.4) is 0 Å². The molecule has 0 bridgehead atoms. The van der Waals surface area contributed by atoms with E-state index in [4.69, 9.17) is 0 Å². The van der Waals surface area contributed by atoms with Crippen LogP contribution < -0.4 is 5.32 Å². The van der Waals surface area contributed by atoms with Crippen LogP contribution in [0, 0.1) is 5.92 Å². The summed E-state index contributed by atoms with van der Waals surface area (Å²) in [5, 5.41) is 3.70. The highest BCUT2D eigenvalue weighted by Crippen LogP contribution is 2.31. The van der Waals surface area contributed by atoms with Crippen molar-refractivity contribution in [2.45, 2.75) is 30.6 Å². The van der Waals surface area contributed by atoms with E-state index in [0.29, 0.717) is 0 Å². The molecule has 3 nitrogen and oxygen atoms in total. The van der Waals surface area contributed by atoms with Crippen molar-refractivity contribution in [1.29, 1.82) is 0 Å². The van der Waals surface area contributed by atoms with E-state index in [1.807, 2.05) is 6.07 Å². The van der Waals surface area contributed by atoms with Crippen molar-refractivity contribution >= 4 is 44.4 Å². The van der Waals surface area contributed by atoms with Gasteiger partial charge in [0.2, 0.25) is 5.91 Å². The molecule has 1 aliphatic carbocycles. The van der Waals surface area contributed by atoms with Crippen LogP contribution in [0.2, 0.25) is 0 Å². The van der Waals surface area contributed by atoms with Crippen LogP contribution in [0.5, 0.6) is 0 Å². The van der Waals surface area contributed by atoms with Crippen molar-refractivity contribution in [3.8, 4) is 0 Å². The number of thioether (sulfide) groups is 1. The van der Waals surface area contributed by atoms with Crippen LogP contribution in [0.1, 0.15) is 25.7 Å². The summed E-state index contributed by atoms with van der Waals surface area (Å²) in [4.78, 5) is 17.8. The predicted molar refractivity (Wildman–Crippen MR) is 82.0 cm³/mol. The summed E-state index contributed by atoms with van der Waals surface area (Å²) < 4.78 is 1.13. The number of fused-ring (bicyclic) bond motifs is 1. The molecule has 0 aliphatic heterocycles. The Morgan fingerprint density at radius 3 is 2.95 bits per heavy atom. The molecule has 1 saturated carbocycles. The molecule has 1 amide bonds. The molecular formula is C14H16N2OS2. The summed E-state index contributed by atoms with van der Waals surface area (Å²) in [6, 6.07) is 6.21. The van der Waals surface area contributed by atoms with Gasteiger partial charge in [-0.15, -0.1) is 11.8 Å². The number of anilines is 1. The molecule has 5 heteroatoms. The molecule has 0 unspecified atom stereocenters. The van der Waals surface area contributed by atoms with Crippen LogP contribution in [-0.4, -0.2) is 17.1 Å². The summed E-state index contributed by atoms with van der Waals surface area (Å²) in [6.45, 7) is 0. The summed E-state index contributed by atoms with van der Waals surface area (Å²) in [5.41, 5.74) is 0.963. The van der Waals surface area contributed by atoms with E-state index in [9.17, 15) is 4.79 Å². The number of carbonyl (C=O) groups excluding carboxylic acids is 1. The van der Waals surface area contributed by atoms with Crippen LogP contribution in [0.4, 0.5) is 5.13 Å². The van der Waals surface area contributed by atoms with Crippen LogP contribution in [0.15, 0.2) is 23.1 Å². The number of hydrogen-bond acceptors (Lipinski definition) is 4. The molecular weight excluding hydrogens is 276 g/mol. The Morgan fingerprint density at radius 2 is 2.21 bits per heavy atom. The number of nitrogens with zero attached hydrogens (tertiary/aromatic N) is 1. The van der Waals surface area contributed by atoms with Crippen molar-refractivity contribution in [1.82, 2.24) is 4.98 Å². The van der Waals surface area contributed by atoms with E-state index in [1.165, 1.54) is 17.7 Å². The van der Waals surface area contributed by atoms with Crippen LogP contribution >= 0.6 is 23.1 Å². The second kappa shape index (κ2) is 5.51. The number of thiazole rings is 1. The third kappa shape index (κ3) is 2.77. The molecule has 1 N–H and O–H groups in total. The van der Waals surface area contributed by atoms with Gasteiger partial charge in [-0.05, 0) is 37.3 Å². The molecule has 0 spiro atoms. The van der Waals surface area contributed by atoms with Gasteiger partial charge in [0.1, 0.15) is 0 Å². The first-order chi connectivity index (χ1) is 9.26. The lowest BCUT2D eigenvalue weighted by atomic mass is 10.1. The standard InChI is InChI=1S/C14H16N2OS2/c1-18-10-6-7-11-12(8-10)19-14(15-11)16-13(17)9-4-2-3-5-9/h6-9H,2-5H2,1H3,(H,15,16,17). The highest BCUT2D eigenvalue weighted by atomic mass is 32.2. The van der Waals surface area contributed by atoms with Gasteiger partial charge in [0.15, 0.2) is 5.13 Å². The van der Waals surface area contributed by atoms with Gasteiger partial charge in [-0.3, -0.25) is 4.79 Å². The van der Waals surface area contributed by atoms with Gasteiger partial charge in [0, 0.05) is 10.8 Å². The SMILES string of the molecule is CSc1ccc2nc(NC(=O)C3CCCC3)sc2c1. The molecule has 19 heavy (non-hydrogen) atoms. The average Bonchev–Trinajstić information content (AvgIpc) is 3.06. The number of rotatable bonds is 3. The Labute approximate surface area is 120 Å². The minimum Gasteiger partial charge on any atom is -0.302 e. The molecule has 1 aromatic heterocycles. The fourth-order valence-electron chi connectivity index (χ4n) is 2.48. The predicted octanol–water partition coefficient (Wildman–Crippen LogP) is 4.15. The minimum absolute atomic E-state index is 0.140. The van der Waals surface area contributed by atoms with Crippen LogP contribution in [-0.2, 0) is 4.79 Å². The first-order valence-corrected chi connectivity index (χ1v) is 8.56. The van der Waals surface area contributed by atoms with E-state index >= 15 is 0 Å². The first kappa shape index (κ1) is 12.9. The zero-order valence-electron chi connectivity index (χ0n) is 10.8. The molecule has 0 saturated heterocycles. The fourth-order valence-corrected chi connectivity index (χ4v) is 3.90. The molecule has 1 heterocycles. The monoisotopic (exact) mass is 292 g/mol. The van der Waals surface area contributed by atoms with Gasteiger partial charge in [-0.2, -0.15) is 0 Å². The fraction of sp³-hybridized carbons (Fsp3) is 0.429. The molecule has 1 aromatic carbocycles. The normalized spacial score (nSPS) is 16.1. The zero-order valence-corrected chi connectivity index (χ0v) is 12.4. The van der Waals surface area contributed by atoms with Gasteiger partial charge in [0.25, 0.3) is 0 Å². The van der Waals surface area contributed by atoms with Gasteiger partial charge in [0.05, 0.1) is 10.2 Å². The number of hydrogen-bond donors (Lipinski definition) is 1. The molecule has 1 aliphatic rings. The van der Waals surface area contributed by atoms with Gasteiger partial charge in [-0.25, -0.2) is 4.98 Å². The van der Waals surface area contributed by atoms with Crippen molar-refractivity contribution in [2.75, 3.05) is 11.6 Å². The van der Waals surface area contributed by atoms with E-state index < -0.39 is 0 Å². The number of carbonyl (C=O) groups is 1. The molecule has 2 aromatic rings. The third-order valence-electron chi connectivity index (χ3n) is 3.55. The largest absolute Gasteiger partial charge is 0.302 e. The van der Waals surface area contributed by atoms with Crippen molar-refractivity contribution in [3.05, 3.63) is 18.2 Å². The maximum atomic E-state index is 12.1. The number of aromatic nitrogens is 1. The summed E-state index contributed by atoms with van der Waals surface area (Å²) in [7, 11) is 0. The summed E-state index contributed by atoms with van der Waals surface area (Å²) >= 11 is 3.28. The molecule has 0 atom stereocenters. The summed E-state index contributed by atoms with van der Waals surface area (Å²) in [6.07, 6.45) is 6.45. The van der Waals surface area contributed by atoms with E-state index in [2.05, 4.69) is 28.7 Å². The van der Waals surface area contributed by atoms with Crippen molar-refractivity contribution in [3.63, 3.8) is 0 Å². The molecule has 100 valence electrons. The van der Waals surface area contributed by atoms with Crippen molar-refractivity contribution < 1.29 is 4.79 Å². The Morgan fingerprint density at radius 1 is 1.42 bits per heavy atom. The van der Waals surface area contributed by atoms with Gasteiger partial charge < -0.3 is 5.32 Å². The quantitative estimate of drug-likeness (QED) is 0.864. The van der Waals surface area contributed by atoms with E-state index in [-0.39, 0.29) is 11.8 Å². The molecule has 1 fully saturated rings. The highest BCUT2D eigenvalue weighted by molar-refractivity contribution is 7.98. The minimum atomic E-state index is 0.140. The zero-order chi connectivity index (χ0) is 13.2. The lowest BCUT2D eigenvalue weighted by Gasteiger charge is -2.06. The highest BCUT2D eigenvalue weighted by Gasteiger charge is 2.23. The average molecular weight is 292 g/mol. The van der Waals surface area contributed by atoms with Gasteiger partial charge >= 0.3 is 0 Å². The Balaban J connectivity index is 1.79. The third-order valence-corrected chi connectivity index (χ3v) is 5.21. The topological polar surface area (TPSA) is 42.0 Å². The second-order valence-corrected chi connectivity index (χ2v) is 6.73. The van der Waals surface area contributed by atoms with Gasteiger partial charge in [-0.1, -0.05) is 24.2 Å². The van der Waals surface area contributed by atoms with E-state index in [1.54, 1.807) is 23.1 Å². The lowest BCUT2D eigenvalue weighted by molar-refractivity contribution is -0.119. The number of nitrogens with one attached hydrogen (secondary N) is 1. The molecule has 0 radical (unpaired) electrons. The number of benzene rings is 1. The maximum Gasteiger partial charge on any atom is 0.229 e. The number of amides is 1. The first-order valence-electron chi connectivity index (χ1n) is 6.52. The maximum absolute atomic E-state index is 12.1. The Hall–Kier alpha value is -1.07. The smallest absolute Gasteiger partial charge is 0.229 e. The second-order valence-electron chi connectivity index (χ2n) is 4.82. The Bertz CT molecular complexity index is 603. The van der Waals surface area contributed by atoms with Crippen molar-refractivity contribution in [2.24, 2.45) is 5.92 Å².